The molecule has 0 radical (unpaired) electrons. The molecule has 0 saturated carbocycles. The molecule has 31 heavy (non-hydrogen) atoms. The van der Waals surface area contributed by atoms with Crippen LogP contribution < -0.4 is 9.64 Å². The minimum atomic E-state index is -0.322. The van der Waals surface area contributed by atoms with Crippen LogP contribution in [-0.2, 0) is 0 Å². The van der Waals surface area contributed by atoms with E-state index < -0.39 is 0 Å². The van der Waals surface area contributed by atoms with Crippen molar-refractivity contribution in [3.8, 4) is 17.0 Å². The number of carbonyl (C=O) groups excluding carboxylic acids is 1. The Balaban J connectivity index is 1.72. The van der Waals surface area contributed by atoms with Crippen molar-refractivity contribution in [2.75, 3.05) is 12.0 Å². The molecule has 1 atom stereocenters. The van der Waals surface area contributed by atoms with Gasteiger partial charge in [-0.3, -0.25) is 14.8 Å². The fraction of sp³-hybridized carbons (Fsp3) is 0.120. The van der Waals surface area contributed by atoms with Gasteiger partial charge in [-0.1, -0.05) is 57.9 Å². The number of anilines is 1. The molecule has 6 heteroatoms. The van der Waals surface area contributed by atoms with E-state index in [1.165, 1.54) is 0 Å². The molecule has 154 valence electrons. The number of methoxy groups -OCH3 is 1. The second kappa shape index (κ2) is 7.71. The molecule has 1 aliphatic heterocycles. The lowest BCUT2D eigenvalue weighted by Gasteiger charge is -2.27. The second-order valence-corrected chi connectivity index (χ2v) is 8.47. The van der Waals surface area contributed by atoms with Crippen molar-refractivity contribution in [3.05, 3.63) is 99.7 Å². The number of ether oxygens (including phenoxy) is 1. The number of halogens is 1. The number of nitrogens with zero attached hydrogens (tertiary/aromatic N) is 2. The molecule has 4 aromatic rings. The SMILES string of the molecule is COc1cccc([C@@H]2c3c(-c4ccc(Br)cc4)n[nH]c3C(=O)N2c2ccc(C)cc2)c1. The van der Waals surface area contributed by atoms with Crippen LogP contribution in [0.3, 0.4) is 0 Å². The van der Waals surface area contributed by atoms with Crippen LogP contribution in [0, 0.1) is 6.92 Å². The van der Waals surface area contributed by atoms with E-state index in [-0.39, 0.29) is 11.9 Å². The summed E-state index contributed by atoms with van der Waals surface area (Å²) in [7, 11) is 1.65. The predicted molar refractivity (Wildman–Crippen MR) is 125 cm³/mol. The van der Waals surface area contributed by atoms with Crippen LogP contribution in [0.2, 0.25) is 0 Å². The Morgan fingerprint density at radius 1 is 1.03 bits per heavy atom. The molecule has 1 aromatic heterocycles. The van der Waals surface area contributed by atoms with E-state index in [1.54, 1.807) is 7.11 Å². The van der Waals surface area contributed by atoms with Crippen molar-refractivity contribution in [1.29, 1.82) is 0 Å². The van der Waals surface area contributed by atoms with E-state index in [4.69, 9.17) is 4.74 Å². The molecule has 1 amide bonds. The van der Waals surface area contributed by atoms with E-state index >= 15 is 0 Å². The number of nitrogens with one attached hydrogen (secondary N) is 1. The first-order valence-corrected chi connectivity index (χ1v) is 10.7. The van der Waals surface area contributed by atoms with E-state index in [0.29, 0.717) is 5.69 Å². The van der Waals surface area contributed by atoms with Gasteiger partial charge in [0.15, 0.2) is 0 Å². The number of aryl methyl sites for hydroxylation is 1. The molecule has 1 aliphatic rings. The summed E-state index contributed by atoms with van der Waals surface area (Å²) in [6.45, 7) is 2.03. The normalized spacial score (nSPS) is 15.3. The molecule has 5 rings (SSSR count). The minimum absolute atomic E-state index is 0.0949. The summed E-state index contributed by atoms with van der Waals surface area (Å²) in [5, 5.41) is 7.53. The highest BCUT2D eigenvalue weighted by molar-refractivity contribution is 9.10. The molecule has 0 spiro atoms. The van der Waals surface area contributed by atoms with E-state index in [0.717, 1.165) is 43.9 Å². The summed E-state index contributed by atoms with van der Waals surface area (Å²) in [5.74, 6) is 0.651. The van der Waals surface area contributed by atoms with Gasteiger partial charge < -0.3 is 4.74 Å². The van der Waals surface area contributed by atoms with Crippen LogP contribution in [0.5, 0.6) is 5.75 Å². The summed E-state index contributed by atoms with van der Waals surface area (Å²) in [6.07, 6.45) is 0. The first-order chi connectivity index (χ1) is 15.1. The van der Waals surface area contributed by atoms with Gasteiger partial charge in [-0.15, -0.1) is 0 Å². The average molecular weight is 474 g/mol. The van der Waals surface area contributed by atoms with Crippen LogP contribution >= 0.6 is 15.9 Å². The van der Waals surface area contributed by atoms with E-state index in [2.05, 4.69) is 26.1 Å². The first kappa shape index (κ1) is 19.6. The third kappa shape index (κ3) is 3.33. The fourth-order valence-electron chi connectivity index (χ4n) is 4.07. The summed E-state index contributed by atoms with van der Waals surface area (Å²) in [5.41, 5.74) is 6.07. The molecule has 1 N–H and O–H groups in total. The van der Waals surface area contributed by atoms with Crippen molar-refractivity contribution in [3.63, 3.8) is 0 Å². The maximum atomic E-state index is 13.5. The molecule has 0 fully saturated rings. The number of aromatic nitrogens is 2. The second-order valence-electron chi connectivity index (χ2n) is 7.56. The van der Waals surface area contributed by atoms with Crippen molar-refractivity contribution >= 4 is 27.5 Å². The zero-order valence-corrected chi connectivity index (χ0v) is 18.7. The highest BCUT2D eigenvalue weighted by Gasteiger charge is 2.43. The molecular formula is C25H20BrN3O2. The molecule has 3 aromatic carbocycles. The van der Waals surface area contributed by atoms with Crippen molar-refractivity contribution < 1.29 is 9.53 Å². The van der Waals surface area contributed by atoms with E-state index in [9.17, 15) is 4.79 Å². The van der Waals surface area contributed by atoms with E-state index in [1.807, 2.05) is 84.6 Å². The maximum absolute atomic E-state index is 13.5. The number of amides is 1. The average Bonchev–Trinajstić information content (AvgIpc) is 3.34. The first-order valence-electron chi connectivity index (χ1n) is 9.95. The zero-order valence-electron chi connectivity index (χ0n) is 17.1. The molecule has 0 aliphatic carbocycles. The Labute approximate surface area is 188 Å². The minimum Gasteiger partial charge on any atom is -0.497 e. The molecular weight excluding hydrogens is 454 g/mol. The van der Waals surface area contributed by atoms with Gasteiger partial charge in [0.2, 0.25) is 0 Å². The zero-order chi connectivity index (χ0) is 21.5. The van der Waals surface area contributed by atoms with Gasteiger partial charge in [-0.25, -0.2) is 0 Å². The number of fused-ring (bicyclic) bond motifs is 1. The predicted octanol–water partition coefficient (Wildman–Crippen LogP) is 5.91. The number of hydrogen-bond acceptors (Lipinski definition) is 3. The lowest BCUT2D eigenvalue weighted by molar-refractivity contribution is 0.0988. The van der Waals surface area contributed by atoms with Gasteiger partial charge >= 0.3 is 0 Å². The third-order valence-electron chi connectivity index (χ3n) is 5.61. The van der Waals surface area contributed by atoms with Gasteiger partial charge in [-0.2, -0.15) is 5.10 Å². The summed E-state index contributed by atoms with van der Waals surface area (Å²) in [6, 6.07) is 23.5. The van der Waals surface area contributed by atoms with Crippen LogP contribution in [0.15, 0.2) is 77.3 Å². The molecule has 0 bridgehead atoms. The quantitative estimate of drug-likeness (QED) is 0.400. The topological polar surface area (TPSA) is 58.2 Å². The third-order valence-corrected chi connectivity index (χ3v) is 6.14. The smallest absolute Gasteiger partial charge is 0.277 e. The summed E-state index contributed by atoms with van der Waals surface area (Å²) < 4.78 is 6.45. The highest BCUT2D eigenvalue weighted by Crippen LogP contribution is 2.45. The molecule has 0 saturated heterocycles. The van der Waals surface area contributed by atoms with Crippen LogP contribution in [0.25, 0.3) is 11.3 Å². The Hall–Kier alpha value is -3.38. The molecule has 2 heterocycles. The molecule has 5 nitrogen and oxygen atoms in total. The monoisotopic (exact) mass is 473 g/mol. The maximum Gasteiger partial charge on any atom is 0.277 e. The number of rotatable bonds is 4. The summed E-state index contributed by atoms with van der Waals surface area (Å²) >= 11 is 3.49. The fourth-order valence-corrected chi connectivity index (χ4v) is 4.34. The van der Waals surface area contributed by atoms with Crippen LogP contribution in [-0.4, -0.2) is 23.2 Å². The van der Waals surface area contributed by atoms with Crippen molar-refractivity contribution in [1.82, 2.24) is 10.2 Å². The van der Waals surface area contributed by atoms with Crippen molar-refractivity contribution in [2.45, 2.75) is 13.0 Å². The van der Waals surface area contributed by atoms with Gasteiger partial charge in [0, 0.05) is 21.3 Å². The van der Waals surface area contributed by atoms with Gasteiger partial charge in [0.25, 0.3) is 5.91 Å². The Bertz CT molecular complexity index is 1260. The molecule has 0 unspecified atom stereocenters. The lowest BCUT2D eigenvalue weighted by Crippen LogP contribution is -2.29. The lowest BCUT2D eigenvalue weighted by atomic mass is 9.95. The number of aromatic amines is 1. The van der Waals surface area contributed by atoms with Gasteiger partial charge in [0.05, 0.1) is 18.8 Å². The van der Waals surface area contributed by atoms with Crippen LogP contribution in [0.1, 0.15) is 33.2 Å². The van der Waals surface area contributed by atoms with Crippen molar-refractivity contribution in [2.24, 2.45) is 0 Å². The number of hydrogen-bond donors (Lipinski definition) is 1. The Kier molecular flexibility index (Phi) is 4.87. The largest absolute Gasteiger partial charge is 0.497 e. The summed E-state index contributed by atoms with van der Waals surface area (Å²) in [4.78, 5) is 15.4. The number of benzene rings is 3. The Morgan fingerprint density at radius 2 is 1.77 bits per heavy atom. The standard InChI is InChI=1S/C25H20BrN3O2/c1-15-6-12-19(13-7-15)29-24(17-4-3-5-20(14-17)31-2)21-22(27-28-23(21)25(29)30)16-8-10-18(26)11-9-16/h3-14,24H,1-2H3,(H,27,28)/t24-/m1/s1. The highest BCUT2D eigenvalue weighted by atomic mass is 79.9. The van der Waals surface area contributed by atoms with Gasteiger partial charge in [0.1, 0.15) is 11.4 Å². The van der Waals surface area contributed by atoms with Crippen LogP contribution in [0.4, 0.5) is 5.69 Å². The number of H-pyrrole nitrogens is 1. The van der Waals surface area contributed by atoms with Gasteiger partial charge in [-0.05, 0) is 48.9 Å². The number of carbonyl (C=O) groups is 1. The Morgan fingerprint density at radius 3 is 2.48 bits per heavy atom.